The molecule has 0 bridgehead atoms. The topological polar surface area (TPSA) is 70.9 Å². The van der Waals surface area contributed by atoms with Crippen LogP contribution in [0.4, 0.5) is 0 Å². The maximum Gasteiger partial charge on any atom is 0.343 e. The Morgan fingerprint density at radius 3 is 3.05 bits per heavy atom. The van der Waals surface area contributed by atoms with E-state index in [1.54, 1.807) is 7.05 Å². The fraction of sp³-hybridized carbons (Fsp3) is 0.231. The van der Waals surface area contributed by atoms with E-state index >= 15 is 0 Å². The quantitative estimate of drug-likeness (QED) is 0.640. The number of rotatable bonds is 3. The number of thioether (sulfide) groups is 1. The number of aliphatic hydroxyl groups excluding tert-OH is 1. The predicted octanol–water partition coefficient (Wildman–Crippen LogP) is 0.744. The van der Waals surface area contributed by atoms with Crippen LogP contribution in [-0.2, 0) is 12.8 Å². The SMILES string of the molecule is Cn1c(SCc2cccc(C#CCO)c2)n[nH]c1=O. The van der Waals surface area contributed by atoms with E-state index in [-0.39, 0.29) is 12.3 Å². The summed E-state index contributed by atoms with van der Waals surface area (Å²) >= 11 is 1.48. The Morgan fingerprint density at radius 1 is 1.53 bits per heavy atom. The molecule has 0 radical (unpaired) electrons. The maximum absolute atomic E-state index is 11.2. The molecule has 0 saturated carbocycles. The molecule has 0 aliphatic rings. The van der Waals surface area contributed by atoms with Crippen molar-refractivity contribution < 1.29 is 5.11 Å². The van der Waals surface area contributed by atoms with Crippen molar-refractivity contribution in [3.8, 4) is 11.8 Å². The van der Waals surface area contributed by atoms with E-state index in [1.807, 2.05) is 24.3 Å². The average molecular weight is 275 g/mol. The summed E-state index contributed by atoms with van der Waals surface area (Å²) in [6.07, 6.45) is 0. The highest BCUT2D eigenvalue weighted by Crippen LogP contribution is 2.19. The Labute approximate surface area is 114 Å². The molecule has 0 atom stereocenters. The lowest BCUT2D eigenvalue weighted by atomic mass is 10.1. The minimum absolute atomic E-state index is 0.144. The Kier molecular flexibility index (Phi) is 4.44. The number of benzene rings is 1. The van der Waals surface area contributed by atoms with Gasteiger partial charge < -0.3 is 5.11 Å². The van der Waals surface area contributed by atoms with Gasteiger partial charge in [-0.1, -0.05) is 35.7 Å². The van der Waals surface area contributed by atoms with Gasteiger partial charge >= 0.3 is 5.69 Å². The molecule has 1 heterocycles. The van der Waals surface area contributed by atoms with Crippen LogP contribution in [0.5, 0.6) is 0 Å². The normalized spacial score (nSPS) is 10.0. The summed E-state index contributed by atoms with van der Waals surface area (Å²) < 4.78 is 1.47. The third kappa shape index (κ3) is 3.50. The number of nitrogens with one attached hydrogen (secondary N) is 1. The van der Waals surface area contributed by atoms with Gasteiger partial charge in [-0.15, -0.1) is 5.10 Å². The number of aliphatic hydroxyl groups is 1. The van der Waals surface area contributed by atoms with Gasteiger partial charge in [-0.3, -0.25) is 4.57 Å². The van der Waals surface area contributed by atoms with Crippen molar-refractivity contribution in [2.45, 2.75) is 10.9 Å². The van der Waals surface area contributed by atoms with Crippen molar-refractivity contribution in [2.24, 2.45) is 7.05 Å². The molecule has 2 N–H and O–H groups in total. The van der Waals surface area contributed by atoms with Crippen LogP contribution >= 0.6 is 11.8 Å². The van der Waals surface area contributed by atoms with Crippen molar-refractivity contribution in [3.05, 3.63) is 45.9 Å². The first-order valence-electron chi connectivity index (χ1n) is 5.63. The van der Waals surface area contributed by atoms with E-state index in [0.717, 1.165) is 11.1 Å². The molecule has 0 unspecified atom stereocenters. The van der Waals surface area contributed by atoms with Crippen molar-refractivity contribution in [2.75, 3.05) is 6.61 Å². The number of hydrogen-bond donors (Lipinski definition) is 2. The van der Waals surface area contributed by atoms with Crippen molar-refractivity contribution in [3.63, 3.8) is 0 Å². The van der Waals surface area contributed by atoms with Gasteiger partial charge in [0.25, 0.3) is 0 Å². The largest absolute Gasteiger partial charge is 0.384 e. The highest BCUT2D eigenvalue weighted by atomic mass is 32.2. The molecule has 2 rings (SSSR count). The summed E-state index contributed by atoms with van der Waals surface area (Å²) in [5, 5.41) is 15.6. The number of H-pyrrole nitrogens is 1. The van der Waals surface area contributed by atoms with Gasteiger partial charge in [0.2, 0.25) is 0 Å². The lowest BCUT2D eigenvalue weighted by Crippen LogP contribution is -2.12. The molecule has 0 fully saturated rings. The van der Waals surface area contributed by atoms with Crippen molar-refractivity contribution in [1.29, 1.82) is 0 Å². The molecule has 0 aliphatic carbocycles. The fourth-order valence-corrected chi connectivity index (χ4v) is 2.35. The first-order valence-corrected chi connectivity index (χ1v) is 6.62. The number of aromatic amines is 1. The van der Waals surface area contributed by atoms with Crippen LogP contribution < -0.4 is 5.69 Å². The van der Waals surface area contributed by atoms with Gasteiger partial charge in [-0.2, -0.15) is 0 Å². The van der Waals surface area contributed by atoms with Crippen LogP contribution in [0, 0.1) is 11.8 Å². The summed E-state index contributed by atoms with van der Waals surface area (Å²) in [6.45, 7) is -0.144. The highest BCUT2D eigenvalue weighted by Gasteiger charge is 2.05. The summed E-state index contributed by atoms with van der Waals surface area (Å²) in [4.78, 5) is 11.2. The van der Waals surface area contributed by atoms with Crippen molar-refractivity contribution >= 4 is 11.8 Å². The molecular formula is C13H13N3O2S. The van der Waals surface area contributed by atoms with E-state index in [0.29, 0.717) is 10.9 Å². The molecule has 5 nitrogen and oxygen atoms in total. The monoisotopic (exact) mass is 275 g/mol. The van der Waals surface area contributed by atoms with E-state index in [1.165, 1.54) is 16.3 Å². The van der Waals surface area contributed by atoms with E-state index in [4.69, 9.17) is 5.11 Å². The van der Waals surface area contributed by atoms with Crippen LogP contribution in [0.25, 0.3) is 0 Å². The molecule has 6 heteroatoms. The third-order valence-electron chi connectivity index (χ3n) is 2.45. The molecule has 0 saturated heterocycles. The zero-order chi connectivity index (χ0) is 13.7. The van der Waals surface area contributed by atoms with Gasteiger partial charge in [0.15, 0.2) is 5.16 Å². The Bertz CT molecular complexity index is 679. The number of nitrogens with zero attached hydrogens (tertiary/aromatic N) is 2. The summed E-state index contributed by atoms with van der Waals surface area (Å²) in [7, 11) is 1.68. The van der Waals surface area contributed by atoms with Gasteiger partial charge in [-0.25, -0.2) is 9.89 Å². The van der Waals surface area contributed by atoms with E-state index < -0.39 is 0 Å². The number of hydrogen-bond acceptors (Lipinski definition) is 4. The van der Waals surface area contributed by atoms with Gasteiger partial charge in [0.1, 0.15) is 6.61 Å². The van der Waals surface area contributed by atoms with Crippen LogP contribution in [0.15, 0.2) is 34.2 Å². The maximum atomic E-state index is 11.2. The highest BCUT2D eigenvalue weighted by molar-refractivity contribution is 7.98. The standard InChI is InChI=1S/C13H13N3O2S/c1-16-12(18)14-15-13(16)19-9-11-5-2-4-10(8-11)6-3-7-17/h2,4-5,8,17H,7,9H2,1H3,(H,14,18). The first kappa shape index (κ1) is 13.5. The molecule has 0 amide bonds. The van der Waals surface area contributed by atoms with Crippen LogP contribution in [-0.4, -0.2) is 26.5 Å². The fourth-order valence-electron chi connectivity index (χ4n) is 1.49. The molecule has 1 aromatic heterocycles. The predicted molar refractivity (Wildman–Crippen MR) is 73.8 cm³/mol. The molecular weight excluding hydrogens is 262 g/mol. The molecule has 19 heavy (non-hydrogen) atoms. The van der Waals surface area contributed by atoms with Gasteiger partial charge in [0.05, 0.1) is 0 Å². The smallest absolute Gasteiger partial charge is 0.343 e. The minimum atomic E-state index is -0.218. The first-order chi connectivity index (χ1) is 9.20. The van der Waals surface area contributed by atoms with Gasteiger partial charge in [-0.05, 0) is 17.7 Å². The third-order valence-corrected chi connectivity index (χ3v) is 3.55. The van der Waals surface area contributed by atoms with Gasteiger partial charge in [0, 0.05) is 18.4 Å². The van der Waals surface area contributed by atoms with Crippen molar-refractivity contribution in [1.82, 2.24) is 14.8 Å². The second kappa shape index (κ2) is 6.27. The zero-order valence-electron chi connectivity index (χ0n) is 10.4. The molecule has 0 aliphatic heterocycles. The Balaban J connectivity index is 2.07. The zero-order valence-corrected chi connectivity index (χ0v) is 11.2. The molecule has 1 aromatic carbocycles. The Morgan fingerprint density at radius 2 is 2.37 bits per heavy atom. The summed E-state index contributed by atoms with van der Waals surface area (Å²) in [5.41, 5.74) is 1.73. The lowest BCUT2D eigenvalue weighted by Gasteiger charge is -2.01. The minimum Gasteiger partial charge on any atom is -0.384 e. The summed E-state index contributed by atoms with van der Waals surface area (Å²) in [5.74, 6) is 6.18. The second-order valence-electron chi connectivity index (χ2n) is 3.82. The van der Waals surface area contributed by atoms with Crippen LogP contribution in [0.1, 0.15) is 11.1 Å². The lowest BCUT2D eigenvalue weighted by molar-refractivity contribution is 0.350. The van der Waals surface area contributed by atoms with Crippen LogP contribution in [0.3, 0.4) is 0 Å². The number of aromatic nitrogens is 3. The molecule has 98 valence electrons. The average Bonchev–Trinajstić information content (AvgIpc) is 2.75. The molecule has 2 aromatic rings. The molecule has 0 spiro atoms. The summed E-state index contributed by atoms with van der Waals surface area (Å²) in [6, 6.07) is 7.75. The van der Waals surface area contributed by atoms with E-state index in [9.17, 15) is 4.79 Å². The van der Waals surface area contributed by atoms with Crippen LogP contribution in [0.2, 0.25) is 0 Å². The second-order valence-corrected chi connectivity index (χ2v) is 4.76. The van der Waals surface area contributed by atoms with E-state index in [2.05, 4.69) is 22.0 Å². The Hall–Kier alpha value is -1.97.